The van der Waals surface area contributed by atoms with Crippen molar-refractivity contribution in [3.63, 3.8) is 0 Å². The third-order valence-electron chi connectivity index (χ3n) is 6.77. The summed E-state index contributed by atoms with van der Waals surface area (Å²) in [6.45, 7) is 13.5. The van der Waals surface area contributed by atoms with Crippen LogP contribution in [0.5, 0.6) is 0 Å². The molecule has 1 aromatic carbocycles. The molecule has 2 amide bonds. The fraction of sp³-hybridized carbons (Fsp3) is 0.538. The average molecular weight is 513 g/mol. The van der Waals surface area contributed by atoms with E-state index >= 15 is 0 Å². The molecule has 2 aliphatic rings. The Kier molecular flexibility index (Phi) is 9.17. The summed E-state index contributed by atoms with van der Waals surface area (Å²) < 4.78 is 5.36. The van der Waals surface area contributed by atoms with E-state index in [1.165, 1.54) is 0 Å². The first kappa shape index (κ1) is 26.4. The van der Waals surface area contributed by atoms with Gasteiger partial charge in [-0.3, -0.25) is 14.5 Å². The molecule has 1 aromatic heterocycles. The largest absolute Gasteiger partial charge is 0.379 e. The van der Waals surface area contributed by atoms with Crippen molar-refractivity contribution in [1.82, 2.24) is 25.1 Å². The lowest BCUT2D eigenvalue weighted by atomic mass is 10.1. The predicted octanol–water partition coefficient (Wildman–Crippen LogP) is 2.12. The molecule has 0 unspecified atom stereocenters. The summed E-state index contributed by atoms with van der Waals surface area (Å²) >= 11 is 1.59. The molecule has 1 N–H and O–H groups in total. The molecule has 194 valence electrons. The first-order chi connectivity index (χ1) is 17.4. The Morgan fingerprint density at radius 2 is 1.69 bits per heavy atom. The van der Waals surface area contributed by atoms with Crippen LogP contribution in [0.1, 0.15) is 34.1 Å². The van der Waals surface area contributed by atoms with Gasteiger partial charge in [-0.05, 0) is 31.5 Å². The number of hydrogen-bond donors (Lipinski definition) is 1. The lowest BCUT2D eigenvalue weighted by Gasteiger charge is -2.35. The Balaban J connectivity index is 1.29. The van der Waals surface area contributed by atoms with Crippen LogP contribution in [0.25, 0.3) is 0 Å². The summed E-state index contributed by atoms with van der Waals surface area (Å²) in [6, 6.07) is 7.74. The Hall–Kier alpha value is -2.69. The standard InChI is InChI=1S/C26H36N6O3S/c1-19-20(2)28-26(29-24(19)32-12-10-31(11-13-32)21(3)33)36-18-22-4-6-23(7-5-22)25(34)27-8-9-30-14-16-35-17-15-30/h4-7H,8-18H2,1-3H3,(H,27,34). The second-order valence-electron chi connectivity index (χ2n) is 9.23. The van der Waals surface area contributed by atoms with Gasteiger partial charge in [-0.25, -0.2) is 9.97 Å². The molecule has 9 nitrogen and oxygen atoms in total. The Morgan fingerprint density at radius 3 is 2.36 bits per heavy atom. The van der Waals surface area contributed by atoms with Gasteiger partial charge >= 0.3 is 0 Å². The molecule has 0 radical (unpaired) electrons. The van der Waals surface area contributed by atoms with Gasteiger partial charge in [0, 0.05) is 81.9 Å². The van der Waals surface area contributed by atoms with Crippen molar-refractivity contribution in [3.05, 3.63) is 46.6 Å². The first-order valence-electron chi connectivity index (χ1n) is 12.6. The Bertz CT molecular complexity index is 1050. The SMILES string of the molecule is CC(=O)N1CCN(c2nc(SCc3ccc(C(=O)NCCN4CCOCC4)cc3)nc(C)c2C)CC1. The summed E-state index contributed by atoms with van der Waals surface area (Å²) in [7, 11) is 0. The minimum atomic E-state index is -0.0468. The third kappa shape index (κ3) is 6.96. The lowest BCUT2D eigenvalue weighted by molar-refractivity contribution is -0.129. The van der Waals surface area contributed by atoms with E-state index in [1.807, 2.05) is 36.1 Å². The molecule has 0 spiro atoms. The van der Waals surface area contributed by atoms with Gasteiger partial charge in [0.15, 0.2) is 5.16 Å². The highest BCUT2D eigenvalue weighted by Crippen LogP contribution is 2.27. The highest BCUT2D eigenvalue weighted by Gasteiger charge is 2.22. The second-order valence-corrected chi connectivity index (χ2v) is 10.2. The van der Waals surface area contributed by atoms with Crippen LogP contribution in [0.15, 0.2) is 29.4 Å². The number of aryl methyl sites for hydroxylation is 1. The smallest absolute Gasteiger partial charge is 0.251 e. The van der Waals surface area contributed by atoms with Gasteiger partial charge in [0.1, 0.15) is 5.82 Å². The van der Waals surface area contributed by atoms with Crippen molar-refractivity contribution >= 4 is 29.4 Å². The summed E-state index contributed by atoms with van der Waals surface area (Å²) in [4.78, 5) is 40.1. The number of carbonyl (C=O) groups is 2. The van der Waals surface area contributed by atoms with Gasteiger partial charge in [-0.2, -0.15) is 0 Å². The highest BCUT2D eigenvalue weighted by atomic mass is 32.2. The maximum atomic E-state index is 12.5. The molecule has 0 aliphatic carbocycles. The van der Waals surface area contributed by atoms with Gasteiger partial charge in [-0.15, -0.1) is 0 Å². The number of rotatable bonds is 8. The molecule has 0 bridgehead atoms. The van der Waals surface area contributed by atoms with Gasteiger partial charge in [0.25, 0.3) is 5.91 Å². The molecule has 10 heteroatoms. The van der Waals surface area contributed by atoms with Crippen molar-refractivity contribution in [2.24, 2.45) is 0 Å². The van der Waals surface area contributed by atoms with Gasteiger partial charge in [-0.1, -0.05) is 23.9 Å². The van der Waals surface area contributed by atoms with E-state index in [4.69, 9.17) is 9.72 Å². The van der Waals surface area contributed by atoms with Crippen LogP contribution >= 0.6 is 11.8 Å². The minimum Gasteiger partial charge on any atom is -0.379 e. The summed E-state index contributed by atoms with van der Waals surface area (Å²) in [5, 5.41) is 3.75. The second kappa shape index (κ2) is 12.5. The Labute approximate surface area is 217 Å². The molecular formula is C26H36N6O3S. The maximum Gasteiger partial charge on any atom is 0.251 e. The van der Waals surface area contributed by atoms with E-state index in [-0.39, 0.29) is 11.8 Å². The number of ether oxygens (including phenoxy) is 1. The monoisotopic (exact) mass is 512 g/mol. The highest BCUT2D eigenvalue weighted by molar-refractivity contribution is 7.98. The number of nitrogens with one attached hydrogen (secondary N) is 1. The van der Waals surface area contributed by atoms with E-state index in [1.54, 1.807) is 18.7 Å². The van der Waals surface area contributed by atoms with Crippen molar-refractivity contribution in [3.8, 4) is 0 Å². The molecule has 3 heterocycles. The molecule has 2 fully saturated rings. The Morgan fingerprint density at radius 1 is 1.00 bits per heavy atom. The quantitative estimate of drug-likeness (QED) is 0.425. The van der Waals surface area contributed by atoms with Gasteiger partial charge in [0.05, 0.1) is 13.2 Å². The summed E-state index contributed by atoms with van der Waals surface area (Å²) in [5.74, 6) is 1.75. The zero-order chi connectivity index (χ0) is 25.5. The number of hydrogen-bond acceptors (Lipinski definition) is 8. The fourth-order valence-electron chi connectivity index (χ4n) is 4.35. The van der Waals surface area contributed by atoms with E-state index in [2.05, 4.69) is 27.0 Å². The number of benzene rings is 1. The van der Waals surface area contributed by atoms with E-state index in [9.17, 15) is 9.59 Å². The number of anilines is 1. The van der Waals surface area contributed by atoms with Crippen LogP contribution in [0.4, 0.5) is 5.82 Å². The predicted molar refractivity (Wildman–Crippen MR) is 142 cm³/mol. The minimum absolute atomic E-state index is 0.0468. The molecule has 4 rings (SSSR count). The van der Waals surface area contributed by atoms with Gasteiger partial charge < -0.3 is 19.9 Å². The molecule has 0 atom stereocenters. The van der Waals surface area contributed by atoms with E-state index in [0.717, 1.165) is 79.5 Å². The maximum absolute atomic E-state index is 12.5. The van der Waals surface area contributed by atoms with E-state index in [0.29, 0.717) is 25.2 Å². The van der Waals surface area contributed by atoms with Crippen molar-refractivity contribution in [1.29, 1.82) is 0 Å². The number of amides is 2. The zero-order valence-electron chi connectivity index (χ0n) is 21.5. The molecule has 36 heavy (non-hydrogen) atoms. The van der Waals surface area contributed by atoms with Crippen LogP contribution in [-0.2, 0) is 15.3 Å². The number of aromatic nitrogens is 2. The van der Waals surface area contributed by atoms with Crippen molar-refractivity contribution in [2.45, 2.75) is 31.7 Å². The van der Waals surface area contributed by atoms with Crippen LogP contribution in [0.3, 0.4) is 0 Å². The number of nitrogens with zero attached hydrogens (tertiary/aromatic N) is 5. The molecule has 0 saturated carbocycles. The topological polar surface area (TPSA) is 90.9 Å². The number of carbonyl (C=O) groups excluding carboxylic acids is 2. The van der Waals surface area contributed by atoms with Crippen LogP contribution in [0.2, 0.25) is 0 Å². The summed E-state index contributed by atoms with van der Waals surface area (Å²) in [6.07, 6.45) is 0. The van der Waals surface area contributed by atoms with Gasteiger partial charge in [0.2, 0.25) is 5.91 Å². The molecule has 2 aromatic rings. The van der Waals surface area contributed by atoms with Crippen molar-refractivity contribution < 1.29 is 14.3 Å². The molecule has 2 saturated heterocycles. The van der Waals surface area contributed by atoms with Crippen LogP contribution < -0.4 is 10.2 Å². The first-order valence-corrected chi connectivity index (χ1v) is 13.5. The summed E-state index contributed by atoms with van der Waals surface area (Å²) in [5.41, 5.74) is 3.84. The number of thioether (sulfide) groups is 1. The lowest BCUT2D eigenvalue weighted by Crippen LogP contribution is -2.48. The molecular weight excluding hydrogens is 476 g/mol. The van der Waals surface area contributed by atoms with E-state index < -0.39 is 0 Å². The van der Waals surface area contributed by atoms with Crippen LogP contribution in [0, 0.1) is 13.8 Å². The number of morpholine rings is 1. The number of piperazine rings is 1. The fourth-order valence-corrected chi connectivity index (χ4v) is 5.19. The van der Waals surface area contributed by atoms with Crippen molar-refractivity contribution in [2.75, 3.05) is 70.5 Å². The zero-order valence-corrected chi connectivity index (χ0v) is 22.3. The average Bonchev–Trinajstić information content (AvgIpc) is 2.90. The third-order valence-corrected chi connectivity index (χ3v) is 7.69. The van der Waals surface area contributed by atoms with Crippen LogP contribution in [-0.4, -0.2) is 97.2 Å². The molecule has 2 aliphatic heterocycles. The normalized spacial score (nSPS) is 16.8.